The molecule has 11 nitrogen and oxygen atoms in total. The number of hydrogen-bond donors (Lipinski definition) is 1. The third-order valence-corrected chi connectivity index (χ3v) is 22.5. The van der Waals surface area contributed by atoms with Crippen molar-refractivity contribution in [1.82, 2.24) is 29.7 Å². The fraction of sp³-hybridized carbons (Fsp3) is 0.523. The van der Waals surface area contributed by atoms with Crippen LogP contribution in [0.15, 0.2) is 42.6 Å². The minimum atomic E-state index is -1.84. The van der Waals surface area contributed by atoms with E-state index in [2.05, 4.69) is 87.8 Å². The highest BCUT2D eigenvalue weighted by Gasteiger charge is 2.42. The van der Waals surface area contributed by atoms with Crippen molar-refractivity contribution in [2.45, 2.75) is 110 Å². The normalized spacial score (nSPS) is 15.8. The zero-order valence-corrected chi connectivity index (χ0v) is 40.4. The Labute approximate surface area is 362 Å². The molecule has 2 aromatic carbocycles. The standard InChI is InChI=1S/C44H61Cl2N7O4Si2/c1-28-30-19-20-52(21-22-56-58(9,10)43(2,3)4)26-36(30)49-40(48-28)41(54)50-34-18-14-16-32(39(34)46)31-15-13-17-33(38(31)45)35-23-47-37(42(51-35)55-8)27-53-24-29(25-53)57-59(11,12)44(5,6)7/h13-18,23,29H,19-22,24-27H2,1-12H3,(H,50,54). The third-order valence-electron chi connectivity index (χ3n) is 12.6. The van der Waals surface area contributed by atoms with Crippen LogP contribution >= 0.6 is 23.2 Å². The van der Waals surface area contributed by atoms with Crippen LogP contribution in [0, 0.1) is 6.92 Å². The van der Waals surface area contributed by atoms with Gasteiger partial charge in [-0.2, -0.15) is 0 Å². The van der Waals surface area contributed by atoms with Crippen molar-refractivity contribution >= 4 is 51.4 Å². The van der Waals surface area contributed by atoms with Crippen molar-refractivity contribution in [3.8, 4) is 28.3 Å². The molecule has 1 N–H and O–H groups in total. The number of carbonyl (C=O) groups is 1. The lowest BCUT2D eigenvalue weighted by Gasteiger charge is -2.46. The molecule has 0 radical (unpaired) electrons. The zero-order valence-electron chi connectivity index (χ0n) is 36.8. The van der Waals surface area contributed by atoms with E-state index in [0.717, 1.165) is 55.2 Å². The van der Waals surface area contributed by atoms with Gasteiger partial charge in [-0.25, -0.2) is 15.0 Å². The number of likely N-dealkylation sites (tertiary alicyclic amines) is 1. The highest BCUT2D eigenvalue weighted by Crippen LogP contribution is 2.42. The first-order valence-electron chi connectivity index (χ1n) is 20.5. The van der Waals surface area contributed by atoms with Gasteiger partial charge < -0.3 is 18.9 Å². The summed E-state index contributed by atoms with van der Waals surface area (Å²) >= 11 is 14.2. The quantitative estimate of drug-likeness (QED) is 0.130. The number of amides is 1. The van der Waals surface area contributed by atoms with E-state index in [0.29, 0.717) is 63.7 Å². The number of rotatable bonds is 13. The Morgan fingerprint density at radius 3 is 2.19 bits per heavy atom. The number of anilines is 1. The van der Waals surface area contributed by atoms with Gasteiger partial charge in [-0.15, -0.1) is 0 Å². The van der Waals surface area contributed by atoms with Gasteiger partial charge in [-0.3, -0.25) is 19.6 Å². The van der Waals surface area contributed by atoms with E-state index in [4.69, 9.17) is 51.7 Å². The summed E-state index contributed by atoms with van der Waals surface area (Å²) in [5.41, 5.74) is 6.55. The van der Waals surface area contributed by atoms with Crippen LogP contribution in [-0.2, 0) is 28.4 Å². The third kappa shape index (κ3) is 10.1. The largest absolute Gasteiger partial charge is 0.480 e. The number of halogens is 2. The Balaban J connectivity index is 1.14. The number of ether oxygens (including phenoxy) is 1. The first-order valence-corrected chi connectivity index (χ1v) is 27.1. The zero-order chi connectivity index (χ0) is 43.1. The molecule has 2 aliphatic rings. The van der Waals surface area contributed by atoms with E-state index in [9.17, 15) is 4.79 Å². The van der Waals surface area contributed by atoms with Crippen LogP contribution in [0.25, 0.3) is 22.4 Å². The average Bonchev–Trinajstić information content (AvgIpc) is 3.14. The Kier molecular flexibility index (Phi) is 13.5. The molecular weight excluding hydrogens is 818 g/mol. The van der Waals surface area contributed by atoms with Gasteiger partial charge in [-0.1, -0.05) is 95.1 Å². The number of aromatic nitrogens is 4. The van der Waals surface area contributed by atoms with Crippen molar-refractivity contribution in [3.05, 3.63) is 81.1 Å². The summed E-state index contributed by atoms with van der Waals surface area (Å²) in [5, 5.41) is 4.08. The van der Waals surface area contributed by atoms with Crippen LogP contribution in [0.1, 0.15) is 74.8 Å². The molecule has 2 aromatic heterocycles. The highest BCUT2D eigenvalue weighted by atomic mass is 35.5. The maximum absolute atomic E-state index is 13.7. The monoisotopic (exact) mass is 877 g/mol. The molecule has 0 atom stereocenters. The number of benzene rings is 2. The van der Waals surface area contributed by atoms with E-state index in [1.54, 1.807) is 19.4 Å². The van der Waals surface area contributed by atoms with E-state index >= 15 is 0 Å². The van der Waals surface area contributed by atoms with Crippen molar-refractivity contribution in [3.63, 3.8) is 0 Å². The topological polar surface area (TPSA) is 115 Å². The van der Waals surface area contributed by atoms with E-state index in [-0.39, 0.29) is 22.0 Å². The van der Waals surface area contributed by atoms with E-state index in [1.807, 2.05) is 37.3 Å². The number of carbonyl (C=O) groups excluding carboxylic acids is 1. The Morgan fingerprint density at radius 1 is 0.881 bits per heavy atom. The van der Waals surface area contributed by atoms with Crippen molar-refractivity contribution in [2.75, 3.05) is 45.2 Å². The summed E-state index contributed by atoms with van der Waals surface area (Å²) in [5.74, 6) is 0.113. The molecule has 0 unspecified atom stereocenters. The molecule has 0 spiro atoms. The van der Waals surface area contributed by atoms with Gasteiger partial charge in [0.1, 0.15) is 5.69 Å². The van der Waals surface area contributed by atoms with Crippen LogP contribution in [0.2, 0.25) is 46.3 Å². The average molecular weight is 879 g/mol. The number of fused-ring (bicyclic) bond motifs is 1. The molecule has 59 heavy (non-hydrogen) atoms. The summed E-state index contributed by atoms with van der Waals surface area (Å²) in [6.45, 7) is 29.9. The van der Waals surface area contributed by atoms with Crippen LogP contribution in [0.5, 0.6) is 5.88 Å². The van der Waals surface area contributed by atoms with Crippen LogP contribution in [0.4, 0.5) is 5.69 Å². The summed E-state index contributed by atoms with van der Waals surface area (Å²) in [4.78, 5) is 37.3. The molecule has 1 saturated heterocycles. The summed E-state index contributed by atoms with van der Waals surface area (Å²) < 4.78 is 18.7. The minimum absolute atomic E-state index is 0.103. The number of nitrogens with one attached hydrogen (secondary N) is 1. The fourth-order valence-corrected chi connectivity index (χ4v) is 9.86. The van der Waals surface area contributed by atoms with Gasteiger partial charge in [0.2, 0.25) is 11.7 Å². The lowest BCUT2D eigenvalue weighted by atomic mass is 10.0. The lowest BCUT2D eigenvalue weighted by Crippen LogP contribution is -2.57. The van der Waals surface area contributed by atoms with Gasteiger partial charge in [0, 0.05) is 68.3 Å². The molecule has 0 bridgehead atoms. The number of hydrogen-bond acceptors (Lipinski definition) is 10. The predicted molar refractivity (Wildman–Crippen MR) is 244 cm³/mol. The van der Waals surface area contributed by atoms with Crippen LogP contribution in [0.3, 0.4) is 0 Å². The summed E-state index contributed by atoms with van der Waals surface area (Å²) in [6, 6.07) is 11.1. The summed E-state index contributed by atoms with van der Waals surface area (Å²) in [6.07, 6.45) is 2.78. The summed E-state index contributed by atoms with van der Waals surface area (Å²) in [7, 11) is -2.07. The fourth-order valence-electron chi connectivity index (χ4n) is 6.89. The van der Waals surface area contributed by atoms with E-state index < -0.39 is 22.5 Å². The molecule has 318 valence electrons. The van der Waals surface area contributed by atoms with Crippen molar-refractivity contribution in [2.24, 2.45) is 0 Å². The molecular formula is C44H61Cl2N7O4Si2. The van der Waals surface area contributed by atoms with Gasteiger partial charge in [0.25, 0.3) is 5.91 Å². The van der Waals surface area contributed by atoms with Crippen LogP contribution < -0.4 is 10.1 Å². The highest BCUT2D eigenvalue weighted by molar-refractivity contribution is 6.74. The first-order chi connectivity index (χ1) is 27.6. The molecule has 1 fully saturated rings. The second-order valence-corrected chi connectivity index (χ2v) is 29.2. The van der Waals surface area contributed by atoms with Gasteiger partial charge in [0.05, 0.1) is 46.5 Å². The first kappa shape index (κ1) is 45.3. The molecule has 4 aromatic rings. The molecule has 0 aliphatic carbocycles. The second kappa shape index (κ2) is 17.6. The van der Waals surface area contributed by atoms with Gasteiger partial charge in [0.15, 0.2) is 16.6 Å². The van der Waals surface area contributed by atoms with Crippen LogP contribution in [-0.4, -0.2) is 98.3 Å². The SMILES string of the molecule is COc1nc(-c2cccc(-c3cccc(NC(=O)c4nc(C)c5c(n4)CN(CCO[Si](C)(C)C(C)(C)C)CC5)c3Cl)c2Cl)cnc1CN1CC(O[Si](C)(C)C(C)(C)C)C1. The predicted octanol–water partition coefficient (Wildman–Crippen LogP) is 10.1. The molecule has 2 aliphatic heterocycles. The minimum Gasteiger partial charge on any atom is -0.480 e. The Morgan fingerprint density at radius 2 is 1.53 bits per heavy atom. The van der Waals surface area contributed by atoms with Crippen molar-refractivity contribution < 1.29 is 18.4 Å². The maximum Gasteiger partial charge on any atom is 0.293 e. The lowest BCUT2D eigenvalue weighted by molar-refractivity contribution is 0.00441. The maximum atomic E-state index is 13.7. The number of methoxy groups -OCH3 is 1. The molecule has 4 heterocycles. The second-order valence-electron chi connectivity index (χ2n) is 18.9. The number of aryl methyl sites for hydroxylation is 1. The van der Waals surface area contributed by atoms with E-state index in [1.165, 1.54) is 0 Å². The van der Waals surface area contributed by atoms with Gasteiger partial charge >= 0.3 is 0 Å². The molecule has 6 rings (SSSR count). The molecule has 1 amide bonds. The molecule has 0 saturated carbocycles. The number of nitrogens with zero attached hydrogens (tertiary/aromatic N) is 6. The smallest absolute Gasteiger partial charge is 0.293 e. The van der Waals surface area contributed by atoms with Crippen molar-refractivity contribution in [1.29, 1.82) is 0 Å². The Hall–Kier alpha value is -3.28. The molecule has 15 heteroatoms. The van der Waals surface area contributed by atoms with Gasteiger partial charge in [-0.05, 0) is 61.2 Å². The Bertz CT molecular complexity index is 2190.